The fraction of sp³-hybridized carbons (Fsp3) is 1.00. The third kappa shape index (κ3) is 5.87. The highest BCUT2D eigenvalue weighted by Gasteiger charge is 2.44. The molecule has 4 saturated heterocycles. The lowest BCUT2D eigenvalue weighted by molar-refractivity contribution is 0.0568. The molecule has 0 bridgehead atoms. The molecule has 4 aliphatic heterocycles. The Morgan fingerprint density at radius 1 is 0.742 bits per heavy atom. The third-order valence-electron chi connectivity index (χ3n) is 10.3. The second-order valence-corrected chi connectivity index (χ2v) is 12.6. The molecule has 0 amide bonds. The molecule has 0 aromatic heterocycles. The van der Waals surface area contributed by atoms with Gasteiger partial charge in [-0.15, -0.1) is 0 Å². The first kappa shape index (κ1) is 24.0. The fourth-order valence-electron chi connectivity index (χ4n) is 7.77. The smallest absolute Gasteiger partial charge is 0.0221 e. The molecule has 4 rings (SSSR count). The van der Waals surface area contributed by atoms with Gasteiger partial charge in [0.25, 0.3) is 0 Å². The van der Waals surface area contributed by atoms with Gasteiger partial charge in [-0.2, -0.15) is 0 Å². The third-order valence-corrected chi connectivity index (χ3v) is 10.3. The Morgan fingerprint density at radius 2 is 1.52 bits per heavy atom. The van der Waals surface area contributed by atoms with Gasteiger partial charge in [-0.1, -0.05) is 59.8 Å². The van der Waals surface area contributed by atoms with Crippen molar-refractivity contribution in [1.82, 2.24) is 15.1 Å². The van der Waals surface area contributed by atoms with Crippen LogP contribution in [0, 0.1) is 29.1 Å². The Morgan fingerprint density at radius 3 is 2.35 bits per heavy atom. The first-order chi connectivity index (χ1) is 14.9. The van der Waals surface area contributed by atoms with Crippen molar-refractivity contribution in [2.75, 3.05) is 39.3 Å². The van der Waals surface area contributed by atoms with Gasteiger partial charge in [0.2, 0.25) is 0 Å². The molecule has 180 valence electrons. The van der Waals surface area contributed by atoms with Crippen LogP contribution in [0.1, 0.15) is 98.3 Å². The summed E-state index contributed by atoms with van der Waals surface area (Å²) in [7, 11) is 0. The molecule has 1 N–H and O–H groups in total. The Balaban J connectivity index is 1.36. The topological polar surface area (TPSA) is 18.5 Å². The van der Waals surface area contributed by atoms with Crippen molar-refractivity contribution in [3.63, 3.8) is 0 Å². The Kier molecular flexibility index (Phi) is 8.42. The summed E-state index contributed by atoms with van der Waals surface area (Å²) in [4.78, 5) is 5.76. The lowest BCUT2D eigenvalue weighted by atomic mass is 9.65. The van der Waals surface area contributed by atoms with Crippen LogP contribution in [-0.4, -0.2) is 61.2 Å². The predicted octanol–water partition coefficient (Wildman–Crippen LogP) is 5.79. The summed E-state index contributed by atoms with van der Waals surface area (Å²) in [5.74, 6) is 3.67. The summed E-state index contributed by atoms with van der Waals surface area (Å²) in [5, 5.41) is 3.63. The normalized spacial score (nSPS) is 37.6. The molecule has 4 aliphatic rings. The van der Waals surface area contributed by atoms with Gasteiger partial charge in [0.15, 0.2) is 0 Å². The average Bonchev–Trinajstić information content (AvgIpc) is 3.14. The molecular weight excluding hydrogens is 378 g/mol. The molecule has 4 fully saturated rings. The molecule has 0 aliphatic carbocycles. The zero-order valence-electron chi connectivity index (χ0n) is 21.4. The van der Waals surface area contributed by atoms with Crippen LogP contribution in [0.3, 0.4) is 0 Å². The minimum Gasteiger partial charge on any atom is -0.314 e. The number of hydrogen-bond acceptors (Lipinski definition) is 3. The van der Waals surface area contributed by atoms with Gasteiger partial charge in [-0.25, -0.2) is 0 Å². The molecule has 0 radical (unpaired) electrons. The van der Waals surface area contributed by atoms with Crippen molar-refractivity contribution in [3.05, 3.63) is 0 Å². The van der Waals surface area contributed by atoms with Crippen LogP contribution >= 0.6 is 0 Å². The van der Waals surface area contributed by atoms with Crippen molar-refractivity contribution in [3.8, 4) is 0 Å². The zero-order valence-corrected chi connectivity index (χ0v) is 21.4. The lowest BCUT2D eigenvalue weighted by Gasteiger charge is -2.44. The van der Waals surface area contributed by atoms with E-state index in [9.17, 15) is 0 Å². The summed E-state index contributed by atoms with van der Waals surface area (Å²) >= 11 is 0. The van der Waals surface area contributed by atoms with E-state index in [1.54, 1.807) is 0 Å². The molecule has 0 spiro atoms. The number of nitrogens with zero attached hydrogens (tertiary/aromatic N) is 2. The largest absolute Gasteiger partial charge is 0.314 e. The monoisotopic (exact) mass is 431 g/mol. The SMILES string of the molecule is CC(C)C1CCCCN2CC(C(C)(C)C3CCCC4CNCCN4CC3)CC2CCC1. The minimum atomic E-state index is 0.495. The fourth-order valence-corrected chi connectivity index (χ4v) is 7.77. The highest BCUT2D eigenvalue weighted by atomic mass is 15.2. The van der Waals surface area contributed by atoms with Gasteiger partial charge >= 0.3 is 0 Å². The number of rotatable bonds is 3. The van der Waals surface area contributed by atoms with Gasteiger partial charge < -0.3 is 10.2 Å². The van der Waals surface area contributed by atoms with E-state index < -0.39 is 0 Å². The zero-order chi connectivity index (χ0) is 21.8. The lowest BCUT2D eigenvalue weighted by Crippen LogP contribution is -2.52. The first-order valence-electron chi connectivity index (χ1n) is 14.1. The number of nitrogens with one attached hydrogen (secondary N) is 1. The summed E-state index contributed by atoms with van der Waals surface area (Å²) in [6, 6.07) is 1.69. The van der Waals surface area contributed by atoms with Gasteiger partial charge in [-0.05, 0) is 80.7 Å². The molecule has 4 heterocycles. The van der Waals surface area contributed by atoms with Crippen LogP contribution in [0.15, 0.2) is 0 Å². The van der Waals surface area contributed by atoms with E-state index in [0.717, 1.165) is 35.8 Å². The van der Waals surface area contributed by atoms with E-state index in [4.69, 9.17) is 0 Å². The number of hydrogen-bond donors (Lipinski definition) is 1. The minimum absolute atomic E-state index is 0.495. The van der Waals surface area contributed by atoms with Crippen molar-refractivity contribution in [2.24, 2.45) is 29.1 Å². The molecule has 31 heavy (non-hydrogen) atoms. The van der Waals surface area contributed by atoms with E-state index in [1.165, 1.54) is 110 Å². The highest BCUT2D eigenvalue weighted by molar-refractivity contribution is 4.96. The van der Waals surface area contributed by atoms with E-state index in [-0.39, 0.29) is 0 Å². The van der Waals surface area contributed by atoms with Crippen molar-refractivity contribution in [2.45, 2.75) is 110 Å². The standard InChI is InChI=1S/C28H53N3/c1-22(2)23-9-5-6-16-31-21-25(19-26(31)12-7-10-23)28(3,4)24-11-8-13-27-20-29-15-18-30(27)17-14-24/h22-27,29H,5-21H2,1-4H3. The predicted molar refractivity (Wildman–Crippen MR) is 133 cm³/mol. The van der Waals surface area contributed by atoms with Gasteiger partial charge in [-0.3, -0.25) is 4.90 Å². The van der Waals surface area contributed by atoms with Crippen molar-refractivity contribution < 1.29 is 0 Å². The second kappa shape index (κ2) is 10.9. The maximum Gasteiger partial charge on any atom is 0.0221 e. The van der Waals surface area contributed by atoms with Crippen LogP contribution in [0.2, 0.25) is 0 Å². The molecule has 0 aromatic rings. The average molecular weight is 432 g/mol. The maximum atomic E-state index is 3.63. The quantitative estimate of drug-likeness (QED) is 0.610. The van der Waals surface area contributed by atoms with Crippen LogP contribution < -0.4 is 5.32 Å². The molecule has 5 atom stereocenters. The summed E-state index contributed by atoms with van der Waals surface area (Å²) in [5.41, 5.74) is 0.495. The van der Waals surface area contributed by atoms with E-state index in [1.807, 2.05) is 0 Å². The molecule has 5 unspecified atom stereocenters. The Hall–Kier alpha value is -0.120. The van der Waals surface area contributed by atoms with Crippen molar-refractivity contribution in [1.29, 1.82) is 0 Å². The van der Waals surface area contributed by atoms with Gasteiger partial charge in [0.05, 0.1) is 0 Å². The Bertz CT molecular complexity index is 544. The summed E-state index contributed by atoms with van der Waals surface area (Å²) in [6.07, 6.45) is 16.0. The highest BCUT2D eigenvalue weighted by Crippen LogP contribution is 2.47. The maximum absolute atomic E-state index is 3.63. The molecule has 3 nitrogen and oxygen atoms in total. The van der Waals surface area contributed by atoms with Crippen LogP contribution in [0.4, 0.5) is 0 Å². The van der Waals surface area contributed by atoms with E-state index in [2.05, 4.69) is 42.8 Å². The van der Waals surface area contributed by atoms with E-state index in [0.29, 0.717) is 5.41 Å². The summed E-state index contributed by atoms with van der Waals surface area (Å²) < 4.78 is 0. The number of piperazine rings is 1. The second-order valence-electron chi connectivity index (χ2n) is 12.6. The van der Waals surface area contributed by atoms with Crippen LogP contribution in [0.5, 0.6) is 0 Å². The van der Waals surface area contributed by atoms with Crippen molar-refractivity contribution >= 4 is 0 Å². The van der Waals surface area contributed by atoms with Crippen LogP contribution in [-0.2, 0) is 0 Å². The van der Waals surface area contributed by atoms with Gasteiger partial charge in [0.1, 0.15) is 0 Å². The summed E-state index contributed by atoms with van der Waals surface area (Å²) in [6.45, 7) is 18.0. The molecule has 0 aromatic carbocycles. The van der Waals surface area contributed by atoms with E-state index >= 15 is 0 Å². The van der Waals surface area contributed by atoms with Gasteiger partial charge in [0, 0.05) is 38.3 Å². The molecule has 3 heteroatoms. The molecular formula is C28H53N3. The molecule has 0 saturated carbocycles. The first-order valence-corrected chi connectivity index (χ1v) is 14.1. The Labute approximate surface area is 194 Å². The van der Waals surface area contributed by atoms with Crippen LogP contribution in [0.25, 0.3) is 0 Å². The number of fused-ring (bicyclic) bond motifs is 2.